The third-order valence-corrected chi connectivity index (χ3v) is 5.33. The van der Waals surface area contributed by atoms with Crippen LogP contribution in [0.15, 0.2) is 38.2 Å². The lowest BCUT2D eigenvalue weighted by atomic mass is 9.95. The van der Waals surface area contributed by atoms with Gasteiger partial charge < -0.3 is 10.3 Å². The predicted molar refractivity (Wildman–Crippen MR) is 87.1 cm³/mol. The average Bonchev–Trinajstić information content (AvgIpc) is 3.08. The van der Waals surface area contributed by atoms with Gasteiger partial charge in [-0.2, -0.15) is 4.98 Å². The van der Waals surface area contributed by atoms with Crippen LogP contribution in [0.1, 0.15) is 37.4 Å². The van der Waals surface area contributed by atoms with Crippen molar-refractivity contribution >= 4 is 27.7 Å². The summed E-state index contributed by atoms with van der Waals surface area (Å²) in [5, 5.41) is 4.05. The molecule has 1 aliphatic carbocycles. The van der Waals surface area contributed by atoms with E-state index in [2.05, 4.69) is 38.2 Å². The minimum atomic E-state index is -0.136. The van der Waals surface area contributed by atoms with E-state index in [1.54, 1.807) is 11.8 Å². The molecule has 1 aromatic carbocycles. The molecule has 1 aromatic heterocycles. The Kier molecular flexibility index (Phi) is 4.66. The molecule has 0 amide bonds. The monoisotopic (exact) mass is 367 g/mol. The summed E-state index contributed by atoms with van der Waals surface area (Å²) in [6.45, 7) is 0. The van der Waals surface area contributed by atoms with Gasteiger partial charge in [0, 0.05) is 21.3 Å². The Bertz CT molecular complexity index is 593. The highest BCUT2D eigenvalue weighted by atomic mass is 79.9. The molecule has 3 rings (SSSR count). The third-order valence-electron chi connectivity index (χ3n) is 3.79. The Morgan fingerprint density at radius 1 is 1.24 bits per heavy atom. The zero-order valence-corrected chi connectivity index (χ0v) is 14.1. The van der Waals surface area contributed by atoms with Gasteiger partial charge in [-0.05, 0) is 37.1 Å². The Morgan fingerprint density at radius 2 is 1.95 bits per heavy atom. The van der Waals surface area contributed by atoms with E-state index in [1.807, 2.05) is 12.1 Å². The fraction of sp³-hybridized carbons (Fsp3) is 0.467. The topological polar surface area (TPSA) is 64.9 Å². The second kappa shape index (κ2) is 6.50. The molecule has 1 aliphatic rings. The number of halogens is 1. The van der Waals surface area contributed by atoms with Crippen molar-refractivity contribution in [1.82, 2.24) is 10.1 Å². The van der Waals surface area contributed by atoms with Gasteiger partial charge in [-0.15, -0.1) is 11.8 Å². The lowest BCUT2D eigenvalue weighted by Gasteiger charge is -2.20. The summed E-state index contributed by atoms with van der Waals surface area (Å²) in [4.78, 5) is 5.65. The summed E-state index contributed by atoms with van der Waals surface area (Å²) in [5.74, 6) is 2.12. The second-order valence-electron chi connectivity index (χ2n) is 5.59. The summed E-state index contributed by atoms with van der Waals surface area (Å²) < 4.78 is 6.42. The van der Waals surface area contributed by atoms with E-state index < -0.39 is 0 Å². The fourth-order valence-electron chi connectivity index (χ4n) is 2.66. The molecule has 1 heterocycles. The summed E-state index contributed by atoms with van der Waals surface area (Å²) in [7, 11) is 0. The van der Waals surface area contributed by atoms with Crippen molar-refractivity contribution in [1.29, 1.82) is 0 Å². The highest BCUT2D eigenvalue weighted by Crippen LogP contribution is 2.30. The van der Waals surface area contributed by atoms with E-state index in [0.717, 1.165) is 23.1 Å². The highest BCUT2D eigenvalue weighted by molar-refractivity contribution is 9.10. The first-order valence-electron chi connectivity index (χ1n) is 7.12. The van der Waals surface area contributed by atoms with Crippen molar-refractivity contribution in [2.75, 3.05) is 0 Å². The molecule has 6 heteroatoms. The molecule has 4 nitrogen and oxygen atoms in total. The van der Waals surface area contributed by atoms with Gasteiger partial charge in [0.15, 0.2) is 5.82 Å². The molecule has 0 radical (unpaired) electrons. The van der Waals surface area contributed by atoms with Crippen LogP contribution in [-0.2, 0) is 12.2 Å². The molecule has 0 aliphatic heterocycles. The number of nitrogens with two attached hydrogens (primary N) is 1. The molecule has 0 bridgehead atoms. The minimum Gasteiger partial charge on any atom is -0.339 e. The number of hydrogen-bond acceptors (Lipinski definition) is 5. The standard InChI is InChI=1S/C15H18BrN3OS/c16-11-3-5-12(6-4-11)21-10-13-18-14(20-19-13)9-15(17)7-1-2-8-15/h3-6H,1-2,7-10,17H2. The van der Waals surface area contributed by atoms with Crippen LogP contribution in [0.25, 0.3) is 0 Å². The van der Waals surface area contributed by atoms with Gasteiger partial charge in [-0.3, -0.25) is 0 Å². The van der Waals surface area contributed by atoms with Crippen LogP contribution in [0.5, 0.6) is 0 Å². The average molecular weight is 368 g/mol. The van der Waals surface area contributed by atoms with Gasteiger partial charge >= 0.3 is 0 Å². The summed E-state index contributed by atoms with van der Waals surface area (Å²) in [5.41, 5.74) is 6.21. The SMILES string of the molecule is NC1(Cc2nc(CSc3ccc(Br)cc3)no2)CCCC1. The van der Waals surface area contributed by atoms with Crippen molar-refractivity contribution in [2.24, 2.45) is 5.73 Å². The number of aromatic nitrogens is 2. The number of rotatable bonds is 5. The first kappa shape index (κ1) is 15.1. The summed E-state index contributed by atoms with van der Waals surface area (Å²) in [6.07, 6.45) is 5.22. The maximum Gasteiger partial charge on any atom is 0.228 e. The quantitative estimate of drug-likeness (QED) is 0.810. The second-order valence-corrected chi connectivity index (χ2v) is 7.56. The van der Waals surface area contributed by atoms with E-state index >= 15 is 0 Å². The lowest BCUT2D eigenvalue weighted by molar-refractivity contribution is 0.327. The van der Waals surface area contributed by atoms with Crippen LogP contribution in [0.2, 0.25) is 0 Å². The van der Waals surface area contributed by atoms with E-state index in [4.69, 9.17) is 10.3 Å². The molecular formula is C15H18BrN3OS. The summed E-state index contributed by atoms with van der Waals surface area (Å²) in [6, 6.07) is 8.21. The van der Waals surface area contributed by atoms with Crippen molar-refractivity contribution in [3.8, 4) is 0 Å². The number of hydrogen-bond donors (Lipinski definition) is 1. The van der Waals surface area contributed by atoms with Crippen LogP contribution >= 0.6 is 27.7 Å². The number of benzene rings is 1. The maximum absolute atomic E-state index is 6.34. The molecule has 112 valence electrons. The Morgan fingerprint density at radius 3 is 2.67 bits per heavy atom. The van der Waals surface area contributed by atoms with E-state index in [9.17, 15) is 0 Å². The lowest BCUT2D eigenvalue weighted by Crippen LogP contribution is -2.38. The van der Waals surface area contributed by atoms with Crippen molar-refractivity contribution in [3.05, 3.63) is 40.5 Å². The maximum atomic E-state index is 6.34. The molecule has 2 N–H and O–H groups in total. The van der Waals surface area contributed by atoms with Crippen molar-refractivity contribution in [3.63, 3.8) is 0 Å². The Labute approximate surface area is 137 Å². The molecular weight excluding hydrogens is 350 g/mol. The Hall–Kier alpha value is -0.850. The zero-order chi connectivity index (χ0) is 14.7. The molecule has 0 saturated heterocycles. The van der Waals surface area contributed by atoms with Gasteiger partial charge in [0.1, 0.15) is 0 Å². The van der Waals surface area contributed by atoms with Gasteiger partial charge in [-0.1, -0.05) is 33.9 Å². The first-order valence-corrected chi connectivity index (χ1v) is 8.90. The molecule has 0 atom stereocenters. The summed E-state index contributed by atoms with van der Waals surface area (Å²) >= 11 is 5.13. The van der Waals surface area contributed by atoms with E-state index in [1.165, 1.54) is 17.7 Å². The van der Waals surface area contributed by atoms with Crippen LogP contribution < -0.4 is 5.73 Å². The Balaban J connectivity index is 1.56. The largest absolute Gasteiger partial charge is 0.339 e. The molecule has 1 fully saturated rings. The van der Waals surface area contributed by atoms with Gasteiger partial charge in [0.05, 0.1) is 5.75 Å². The first-order chi connectivity index (χ1) is 10.1. The van der Waals surface area contributed by atoms with E-state index in [0.29, 0.717) is 18.1 Å². The van der Waals surface area contributed by atoms with Gasteiger partial charge in [0.2, 0.25) is 5.89 Å². The smallest absolute Gasteiger partial charge is 0.228 e. The van der Waals surface area contributed by atoms with Gasteiger partial charge in [0.25, 0.3) is 0 Å². The fourth-order valence-corrected chi connectivity index (χ4v) is 3.66. The van der Waals surface area contributed by atoms with Crippen LogP contribution in [0, 0.1) is 0 Å². The zero-order valence-electron chi connectivity index (χ0n) is 11.7. The molecule has 0 unspecified atom stereocenters. The van der Waals surface area contributed by atoms with Crippen LogP contribution in [-0.4, -0.2) is 15.7 Å². The van der Waals surface area contributed by atoms with Crippen molar-refractivity contribution in [2.45, 2.75) is 48.3 Å². The molecule has 2 aromatic rings. The van der Waals surface area contributed by atoms with Gasteiger partial charge in [-0.25, -0.2) is 0 Å². The molecule has 1 saturated carbocycles. The number of thioether (sulfide) groups is 1. The van der Waals surface area contributed by atoms with Crippen molar-refractivity contribution < 1.29 is 4.52 Å². The van der Waals surface area contributed by atoms with Crippen LogP contribution in [0.3, 0.4) is 0 Å². The number of nitrogens with zero attached hydrogens (tertiary/aromatic N) is 2. The predicted octanol–water partition coefficient (Wildman–Crippen LogP) is 3.94. The normalized spacial score (nSPS) is 17.2. The highest BCUT2D eigenvalue weighted by Gasteiger charge is 2.31. The minimum absolute atomic E-state index is 0.136. The molecule has 21 heavy (non-hydrogen) atoms. The van der Waals surface area contributed by atoms with Crippen LogP contribution in [0.4, 0.5) is 0 Å². The molecule has 0 spiro atoms. The van der Waals surface area contributed by atoms with E-state index in [-0.39, 0.29) is 5.54 Å². The third kappa shape index (κ3) is 4.08.